The molecule has 0 radical (unpaired) electrons. The van der Waals surface area contributed by atoms with Crippen LogP contribution in [0.4, 0.5) is 32.3 Å². The molecule has 4 rings (SSSR count). The maximum atomic E-state index is 13.4. The van der Waals surface area contributed by atoms with Crippen LogP contribution < -0.4 is 10.2 Å². The lowest BCUT2D eigenvalue weighted by molar-refractivity contribution is -0.143. The molecule has 2 atom stereocenters. The Kier molecular flexibility index (Phi) is 6.76. The Balaban J connectivity index is 1.70. The van der Waals surface area contributed by atoms with Gasteiger partial charge in [-0.15, -0.1) is 0 Å². The second-order valence-electron chi connectivity index (χ2n) is 8.62. The largest absolute Gasteiger partial charge is 0.416 e. The summed E-state index contributed by atoms with van der Waals surface area (Å²) in [5, 5.41) is 7.44. The van der Waals surface area contributed by atoms with E-state index in [1.54, 1.807) is 41.4 Å². The average molecular weight is 498 g/mol. The minimum absolute atomic E-state index is 0.118. The van der Waals surface area contributed by atoms with E-state index in [9.17, 15) is 26.3 Å². The molecule has 6 nitrogen and oxygen atoms in total. The van der Waals surface area contributed by atoms with Gasteiger partial charge in [-0.2, -0.15) is 31.4 Å². The molecule has 12 heteroatoms. The van der Waals surface area contributed by atoms with Crippen molar-refractivity contribution in [3.05, 3.63) is 59.7 Å². The van der Waals surface area contributed by atoms with Crippen LogP contribution in [0.1, 0.15) is 36.5 Å². The molecule has 2 unspecified atom stereocenters. The highest BCUT2D eigenvalue weighted by atomic mass is 19.4. The van der Waals surface area contributed by atoms with Gasteiger partial charge in [-0.1, -0.05) is 6.92 Å². The molecular formula is C23H24F6N6. The van der Waals surface area contributed by atoms with Crippen LogP contribution in [-0.4, -0.2) is 38.4 Å². The first-order valence-corrected chi connectivity index (χ1v) is 11.0. The van der Waals surface area contributed by atoms with Gasteiger partial charge in [0.2, 0.25) is 5.95 Å². The molecule has 0 spiro atoms. The third-order valence-electron chi connectivity index (χ3n) is 6.07. The fourth-order valence-corrected chi connectivity index (χ4v) is 4.21. The lowest BCUT2D eigenvalue weighted by atomic mass is 10.0. The lowest BCUT2D eigenvalue weighted by Gasteiger charge is -2.29. The van der Waals surface area contributed by atoms with E-state index >= 15 is 0 Å². The van der Waals surface area contributed by atoms with E-state index in [4.69, 9.17) is 0 Å². The van der Waals surface area contributed by atoms with Crippen molar-refractivity contribution in [2.24, 2.45) is 7.05 Å². The van der Waals surface area contributed by atoms with Crippen LogP contribution in [-0.2, 0) is 25.9 Å². The minimum atomic E-state index is -4.91. The van der Waals surface area contributed by atoms with Gasteiger partial charge in [-0.3, -0.25) is 4.68 Å². The summed E-state index contributed by atoms with van der Waals surface area (Å²) < 4.78 is 81.9. The molecule has 1 aliphatic rings. The summed E-state index contributed by atoms with van der Waals surface area (Å²) >= 11 is 0. The molecule has 1 aliphatic heterocycles. The summed E-state index contributed by atoms with van der Waals surface area (Å²) in [5.41, 5.74) is -1.33. The Morgan fingerprint density at radius 1 is 0.971 bits per heavy atom. The summed E-state index contributed by atoms with van der Waals surface area (Å²) in [6, 6.07) is 1.63. The van der Waals surface area contributed by atoms with E-state index in [2.05, 4.69) is 20.4 Å². The zero-order chi connectivity index (χ0) is 25.4. The monoisotopic (exact) mass is 498 g/mol. The number of alkyl halides is 6. The number of hydrogen-bond acceptors (Lipinski definition) is 5. The molecule has 188 valence electrons. The molecule has 1 N–H and O–H groups in total. The summed E-state index contributed by atoms with van der Waals surface area (Å²) in [6.45, 7) is 2.31. The van der Waals surface area contributed by atoms with Gasteiger partial charge >= 0.3 is 12.4 Å². The smallest absolute Gasteiger partial charge is 0.332 e. The molecule has 1 fully saturated rings. The van der Waals surface area contributed by atoms with Crippen molar-refractivity contribution in [3.8, 4) is 11.1 Å². The van der Waals surface area contributed by atoms with Crippen molar-refractivity contribution in [2.45, 2.75) is 50.7 Å². The Bertz CT molecular complexity index is 1120. The number of hydrogen-bond donors (Lipinski definition) is 1. The average Bonchev–Trinajstić information content (AvgIpc) is 3.45. The Morgan fingerprint density at radius 2 is 1.60 bits per heavy atom. The molecule has 1 aromatic carbocycles. The molecule has 3 aromatic rings. The van der Waals surface area contributed by atoms with Crippen molar-refractivity contribution < 1.29 is 26.3 Å². The fourth-order valence-electron chi connectivity index (χ4n) is 4.21. The number of aryl methyl sites for hydroxylation is 1. The predicted molar refractivity (Wildman–Crippen MR) is 117 cm³/mol. The second kappa shape index (κ2) is 9.48. The summed E-state index contributed by atoms with van der Waals surface area (Å²) in [5.74, 6) is 0.229. The zero-order valence-electron chi connectivity index (χ0n) is 19.0. The molecule has 3 heterocycles. The van der Waals surface area contributed by atoms with Crippen molar-refractivity contribution >= 4 is 5.95 Å². The number of rotatable bonds is 6. The first kappa shape index (κ1) is 25.0. The maximum absolute atomic E-state index is 13.4. The van der Waals surface area contributed by atoms with Crippen LogP contribution in [0.2, 0.25) is 0 Å². The highest BCUT2D eigenvalue weighted by Gasteiger charge is 2.37. The quantitative estimate of drug-likeness (QED) is 0.482. The van der Waals surface area contributed by atoms with Gasteiger partial charge in [0.1, 0.15) is 0 Å². The predicted octanol–water partition coefficient (Wildman–Crippen LogP) is 5.06. The number of anilines is 1. The Morgan fingerprint density at radius 3 is 2.09 bits per heavy atom. The van der Waals surface area contributed by atoms with Crippen molar-refractivity contribution in [3.63, 3.8) is 0 Å². The third kappa shape index (κ3) is 5.75. The second-order valence-corrected chi connectivity index (χ2v) is 8.62. The van der Waals surface area contributed by atoms with Gasteiger partial charge in [0, 0.05) is 61.9 Å². The number of nitrogens with zero attached hydrogens (tertiary/aromatic N) is 5. The molecule has 1 saturated heterocycles. The van der Waals surface area contributed by atoms with Crippen LogP contribution >= 0.6 is 0 Å². The maximum Gasteiger partial charge on any atom is 0.416 e. The SMILES string of the molecule is CCC1CC(N(Cc2cc(C(F)(F)F)cc(C(F)(F)F)c2)c2ncc(-c3cnn(C)c3)cn2)CN1. The van der Waals surface area contributed by atoms with Gasteiger partial charge in [-0.05, 0) is 36.6 Å². The minimum Gasteiger partial charge on any atom is -0.332 e. The molecule has 0 saturated carbocycles. The van der Waals surface area contributed by atoms with E-state index in [0.717, 1.165) is 24.1 Å². The molecule has 2 aromatic heterocycles. The van der Waals surface area contributed by atoms with Crippen LogP contribution in [0.3, 0.4) is 0 Å². The molecule has 0 aliphatic carbocycles. The standard InChI is InChI=1S/C23H24F6N6/c1-3-19-7-20(11-30-19)35(21-31-8-15(9-32-21)16-10-33-34(2)13-16)12-14-4-17(22(24,25)26)6-18(5-14)23(27,28)29/h4-6,8-10,13,19-20,30H,3,7,11-12H2,1-2H3. The Hall–Kier alpha value is -3.15. The fraction of sp³-hybridized carbons (Fsp3) is 0.435. The number of halogens is 6. The van der Waals surface area contributed by atoms with Crippen LogP contribution in [0.5, 0.6) is 0 Å². The molecule has 0 amide bonds. The number of aromatic nitrogens is 4. The molecule has 35 heavy (non-hydrogen) atoms. The van der Waals surface area contributed by atoms with Crippen LogP contribution in [0, 0.1) is 0 Å². The van der Waals surface area contributed by atoms with E-state index in [1.165, 1.54) is 0 Å². The van der Waals surface area contributed by atoms with Crippen LogP contribution in [0.15, 0.2) is 43.0 Å². The van der Waals surface area contributed by atoms with E-state index in [-0.39, 0.29) is 36.2 Å². The normalized spacial score (nSPS) is 18.7. The number of benzene rings is 1. The van der Waals surface area contributed by atoms with E-state index in [0.29, 0.717) is 18.5 Å². The highest BCUT2D eigenvalue weighted by molar-refractivity contribution is 5.60. The van der Waals surface area contributed by atoms with Gasteiger partial charge in [0.15, 0.2) is 0 Å². The van der Waals surface area contributed by atoms with Crippen molar-refractivity contribution in [2.75, 3.05) is 11.4 Å². The zero-order valence-corrected chi connectivity index (χ0v) is 19.0. The summed E-state index contributed by atoms with van der Waals surface area (Å²) in [7, 11) is 1.77. The van der Waals surface area contributed by atoms with Gasteiger partial charge in [0.25, 0.3) is 0 Å². The summed E-state index contributed by atoms with van der Waals surface area (Å²) in [4.78, 5) is 10.5. The topological polar surface area (TPSA) is 58.9 Å². The van der Waals surface area contributed by atoms with E-state index < -0.39 is 23.5 Å². The number of nitrogens with one attached hydrogen (secondary N) is 1. The molecule has 0 bridgehead atoms. The van der Waals surface area contributed by atoms with Gasteiger partial charge in [-0.25, -0.2) is 9.97 Å². The van der Waals surface area contributed by atoms with Gasteiger partial charge in [0.05, 0.1) is 17.3 Å². The third-order valence-corrected chi connectivity index (χ3v) is 6.07. The van der Waals surface area contributed by atoms with Crippen LogP contribution in [0.25, 0.3) is 11.1 Å². The first-order valence-electron chi connectivity index (χ1n) is 11.0. The van der Waals surface area contributed by atoms with Gasteiger partial charge < -0.3 is 10.2 Å². The van der Waals surface area contributed by atoms with Crippen molar-refractivity contribution in [1.29, 1.82) is 0 Å². The van der Waals surface area contributed by atoms with E-state index in [1.807, 2.05) is 6.92 Å². The summed E-state index contributed by atoms with van der Waals surface area (Å²) in [6.07, 6.45) is -1.76. The Labute approximate surface area is 198 Å². The highest BCUT2D eigenvalue weighted by Crippen LogP contribution is 2.37. The molecular weight excluding hydrogens is 474 g/mol. The van der Waals surface area contributed by atoms with Crippen molar-refractivity contribution in [1.82, 2.24) is 25.1 Å². The lowest BCUT2D eigenvalue weighted by Crippen LogP contribution is -2.37. The first-order chi connectivity index (χ1) is 16.4.